The molecule has 0 radical (unpaired) electrons. The van der Waals surface area contributed by atoms with Crippen molar-refractivity contribution in [2.24, 2.45) is 0 Å². The van der Waals surface area contributed by atoms with E-state index in [1.807, 2.05) is 53.4 Å². The molecule has 0 N–H and O–H groups in total. The van der Waals surface area contributed by atoms with Gasteiger partial charge in [-0.2, -0.15) is 0 Å². The fraction of sp³-hybridized carbons (Fsp3) is 0.208. The van der Waals surface area contributed by atoms with E-state index in [2.05, 4.69) is 0 Å². The van der Waals surface area contributed by atoms with Crippen LogP contribution in [0.4, 0.5) is 0 Å². The van der Waals surface area contributed by atoms with Gasteiger partial charge in [-0.1, -0.05) is 59.6 Å². The SMILES string of the molecule is COc1ccc(C2SCCN2C(=O)c2ccc(Cl)cc2Cl)cc1OCc1ccccc1. The molecule has 7 heteroatoms. The van der Waals surface area contributed by atoms with Crippen molar-refractivity contribution in [1.29, 1.82) is 0 Å². The van der Waals surface area contributed by atoms with Crippen LogP contribution in [0.1, 0.15) is 26.9 Å². The number of methoxy groups -OCH3 is 1. The summed E-state index contributed by atoms with van der Waals surface area (Å²) in [7, 11) is 1.62. The number of halogens is 2. The molecule has 0 bridgehead atoms. The van der Waals surface area contributed by atoms with E-state index in [9.17, 15) is 4.79 Å². The largest absolute Gasteiger partial charge is 0.493 e. The first-order valence-corrected chi connectivity index (χ1v) is 11.6. The van der Waals surface area contributed by atoms with E-state index in [-0.39, 0.29) is 11.3 Å². The normalized spacial score (nSPS) is 15.7. The topological polar surface area (TPSA) is 38.8 Å². The molecule has 4 nitrogen and oxygen atoms in total. The fourth-order valence-electron chi connectivity index (χ4n) is 3.47. The lowest BCUT2D eigenvalue weighted by Crippen LogP contribution is -2.30. The second-order valence-electron chi connectivity index (χ2n) is 7.03. The number of carbonyl (C=O) groups is 1. The third kappa shape index (κ3) is 4.95. The third-order valence-corrected chi connectivity index (χ3v) is 6.83. The lowest BCUT2D eigenvalue weighted by atomic mass is 10.1. The van der Waals surface area contributed by atoms with Gasteiger partial charge in [-0.25, -0.2) is 0 Å². The molecule has 1 unspecified atom stereocenters. The maximum absolute atomic E-state index is 13.2. The molecule has 31 heavy (non-hydrogen) atoms. The molecule has 1 heterocycles. The second kappa shape index (κ2) is 9.86. The molecule has 4 rings (SSSR count). The Bertz CT molecular complexity index is 1080. The van der Waals surface area contributed by atoms with Gasteiger partial charge in [0.2, 0.25) is 0 Å². The van der Waals surface area contributed by atoms with Gasteiger partial charge in [0.25, 0.3) is 5.91 Å². The molecule has 0 aromatic heterocycles. The van der Waals surface area contributed by atoms with Crippen LogP contribution in [0.25, 0.3) is 0 Å². The van der Waals surface area contributed by atoms with Crippen LogP contribution in [-0.4, -0.2) is 30.2 Å². The van der Waals surface area contributed by atoms with E-state index >= 15 is 0 Å². The summed E-state index contributed by atoms with van der Waals surface area (Å²) in [5, 5.41) is 0.725. The van der Waals surface area contributed by atoms with Gasteiger partial charge in [0, 0.05) is 17.3 Å². The minimum absolute atomic E-state index is 0.112. The molecule has 0 spiro atoms. The fourth-order valence-corrected chi connectivity index (χ4v) is 5.20. The van der Waals surface area contributed by atoms with Crippen molar-refractivity contribution in [2.75, 3.05) is 19.4 Å². The minimum atomic E-state index is -0.135. The van der Waals surface area contributed by atoms with Crippen molar-refractivity contribution in [2.45, 2.75) is 12.0 Å². The summed E-state index contributed by atoms with van der Waals surface area (Å²) in [4.78, 5) is 15.0. The molecule has 1 aliphatic rings. The molecule has 1 aliphatic heterocycles. The Morgan fingerprint density at radius 1 is 1.06 bits per heavy atom. The zero-order valence-electron chi connectivity index (χ0n) is 16.9. The predicted molar refractivity (Wildman–Crippen MR) is 126 cm³/mol. The number of ether oxygens (including phenoxy) is 2. The Morgan fingerprint density at radius 2 is 1.87 bits per heavy atom. The first-order valence-electron chi connectivity index (χ1n) is 9.79. The molecule has 1 saturated heterocycles. The number of benzene rings is 3. The van der Waals surface area contributed by atoms with Crippen molar-refractivity contribution < 1.29 is 14.3 Å². The lowest BCUT2D eigenvalue weighted by molar-refractivity contribution is 0.0760. The van der Waals surface area contributed by atoms with Crippen LogP contribution in [0.2, 0.25) is 10.0 Å². The van der Waals surface area contributed by atoms with Crippen LogP contribution in [0.15, 0.2) is 66.7 Å². The first kappa shape index (κ1) is 21.9. The van der Waals surface area contributed by atoms with Gasteiger partial charge in [-0.3, -0.25) is 4.79 Å². The van der Waals surface area contributed by atoms with Crippen molar-refractivity contribution in [3.05, 3.63) is 93.5 Å². The number of carbonyl (C=O) groups excluding carboxylic acids is 1. The minimum Gasteiger partial charge on any atom is -0.493 e. The Hall–Kier alpha value is -2.34. The maximum Gasteiger partial charge on any atom is 0.256 e. The van der Waals surface area contributed by atoms with Crippen molar-refractivity contribution in [3.63, 3.8) is 0 Å². The van der Waals surface area contributed by atoms with E-state index < -0.39 is 0 Å². The van der Waals surface area contributed by atoms with Gasteiger partial charge in [0.05, 0.1) is 17.7 Å². The molecular formula is C24H21Cl2NO3S. The Morgan fingerprint density at radius 3 is 2.61 bits per heavy atom. The molecule has 0 saturated carbocycles. The van der Waals surface area contributed by atoms with Gasteiger partial charge in [0.15, 0.2) is 11.5 Å². The number of hydrogen-bond acceptors (Lipinski definition) is 4. The quantitative estimate of drug-likeness (QED) is 0.411. The predicted octanol–water partition coefficient (Wildman–Crippen LogP) is 6.47. The summed E-state index contributed by atoms with van der Waals surface area (Å²) >= 11 is 14.0. The molecule has 3 aromatic carbocycles. The van der Waals surface area contributed by atoms with Crippen LogP contribution in [0.5, 0.6) is 11.5 Å². The Labute approximate surface area is 196 Å². The van der Waals surface area contributed by atoms with E-state index in [0.717, 1.165) is 16.9 Å². The van der Waals surface area contributed by atoms with Crippen molar-refractivity contribution in [3.8, 4) is 11.5 Å². The highest BCUT2D eigenvalue weighted by atomic mass is 35.5. The van der Waals surface area contributed by atoms with Crippen LogP contribution >= 0.6 is 35.0 Å². The molecule has 1 amide bonds. The van der Waals surface area contributed by atoms with Crippen LogP contribution in [0, 0.1) is 0 Å². The molecule has 0 aliphatic carbocycles. The Kier molecular flexibility index (Phi) is 6.96. The smallest absolute Gasteiger partial charge is 0.256 e. The summed E-state index contributed by atoms with van der Waals surface area (Å²) in [6, 6.07) is 20.7. The lowest BCUT2D eigenvalue weighted by Gasteiger charge is -2.25. The maximum atomic E-state index is 13.2. The van der Waals surface area contributed by atoms with Crippen molar-refractivity contribution in [1.82, 2.24) is 4.90 Å². The monoisotopic (exact) mass is 473 g/mol. The van der Waals surface area contributed by atoms with E-state index in [1.54, 1.807) is 37.1 Å². The highest BCUT2D eigenvalue weighted by Crippen LogP contribution is 2.42. The second-order valence-corrected chi connectivity index (χ2v) is 9.06. The van der Waals surface area contributed by atoms with Gasteiger partial charge >= 0.3 is 0 Å². The highest BCUT2D eigenvalue weighted by Gasteiger charge is 2.32. The number of amides is 1. The van der Waals surface area contributed by atoms with Gasteiger partial charge in [0.1, 0.15) is 12.0 Å². The average Bonchev–Trinajstić information content (AvgIpc) is 3.28. The number of hydrogen-bond donors (Lipinski definition) is 0. The van der Waals surface area contributed by atoms with Crippen LogP contribution in [0.3, 0.4) is 0 Å². The summed E-state index contributed by atoms with van der Waals surface area (Å²) in [5.41, 5.74) is 2.50. The Balaban J connectivity index is 1.58. The number of rotatable bonds is 6. The zero-order chi connectivity index (χ0) is 21.8. The number of thioether (sulfide) groups is 1. The van der Waals surface area contributed by atoms with Crippen LogP contribution < -0.4 is 9.47 Å². The standard InChI is InChI=1S/C24H21Cl2NO3S/c1-29-21-10-7-17(13-22(21)30-15-16-5-3-2-4-6-16)24-27(11-12-31-24)23(28)19-9-8-18(25)14-20(19)26/h2-10,13-14,24H,11-12,15H2,1H3. The van der Waals surface area contributed by atoms with Gasteiger partial charge in [-0.05, 0) is 41.5 Å². The van der Waals surface area contributed by atoms with Gasteiger partial charge in [-0.15, -0.1) is 11.8 Å². The highest BCUT2D eigenvalue weighted by molar-refractivity contribution is 7.99. The third-order valence-electron chi connectivity index (χ3n) is 5.02. The van der Waals surface area contributed by atoms with Gasteiger partial charge < -0.3 is 14.4 Å². The summed E-state index contributed by atoms with van der Waals surface area (Å²) in [5.74, 6) is 2.03. The molecule has 3 aromatic rings. The van der Waals surface area contributed by atoms with E-state index in [4.69, 9.17) is 32.7 Å². The summed E-state index contributed by atoms with van der Waals surface area (Å²) in [6.45, 7) is 1.07. The molecule has 160 valence electrons. The molecular weight excluding hydrogens is 453 g/mol. The van der Waals surface area contributed by atoms with Crippen molar-refractivity contribution >= 4 is 40.9 Å². The summed E-state index contributed by atoms with van der Waals surface area (Å²) in [6.07, 6.45) is 0. The van der Waals surface area contributed by atoms with Crippen LogP contribution in [-0.2, 0) is 6.61 Å². The average molecular weight is 474 g/mol. The molecule has 1 atom stereocenters. The summed E-state index contributed by atoms with van der Waals surface area (Å²) < 4.78 is 11.5. The van der Waals surface area contributed by atoms with E-state index in [1.165, 1.54) is 0 Å². The first-order chi connectivity index (χ1) is 15.1. The van der Waals surface area contributed by atoms with E-state index in [0.29, 0.717) is 40.3 Å². The number of nitrogens with zero attached hydrogens (tertiary/aromatic N) is 1. The zero-order valence-corrected chi connectivity index (χ0v) is 19.2. The molecule has 1 fully saturated rings.